The van der Waals surface area contributed by atoms with Gasteiger partial charge in [0, 0.05) is 11.8 Å². The Morgan fingerprint density at radius 2 is 1.76 bits per heavy atom. The first kappa shape index (κ1) is 13.9. The number of benzene rings is 1. The van der Waals surface area contributed by atoms with E-state index in [1.807, 2.05) is 13.8 Å². The van der Waals surface area contributed by atoms with Gasteiger partial charge in [0.2, 0.25) is 0 Å². The zero-order valence-electron chi connectivity index (χ0n) is 10.1. The second kappa shape index (κ2) is 5.42. The van der Waals surface area contributed by atoms with Crippen molar-refractivity contribution in [3.8, 4) is 0 Å². The predicted octanol–water partition coefficient (Wildman–Crippen LogP) is 1.70. The van der Waals surface area contributed by atoms with E-state index in [-0.39, 0.29) is 23.4 Å². The number of ether oxygens (including phenoxy) is 1. The Hall–Kier alpha value is -1.20. The molecular weight excluding hydrogens is 240 g/mol. The van der Waals surface area contributed by atoms with E-state index in [4.69, 9.17) is 4.74 Å². The van der Waals surface area contributed by atoms with Gasteiger partial charge in [0.25, 0.3) is 0 Å². The van der Waals surface area contributed by atoms with Crippen LogP contribution >= 0.6 is 0 Å². The smallest absolute Gasteiger partial charge is 0.188 e. The first-order chi connectivity index (χ1) is 7.80. The van der Waals surface area contributed by atoms with E-state index in [2.05, 4.69) is 0 Å². The van der Waals surface area contributed by atoms with Crippen molar-refractivity contribution in [2.45, 2.75) is 24.8 Å². The van der Waals surface area contributed by atoms with Gasteiger partial charge in [-0.15, -0.1) is 0 Å². The summed E-state index contributed by atoms with van der Waals surface area (Å²) in [6.07, 6.45) is 1.13. The van der Waals surface area contributed by atoms with Crippen LogP contribution in [0.3, 0.4) is 0 Å². The first-order valence-electron chi connectivity index (χ1n) is 5.25. The summed E-state index contributed by atoms with van der Waals surface area (Å²) in [5.41, 5.74) is 0.457. The molecule has 0 radical (unpaired) electrons. The average molecular weight is 256 g/mol. The Kier molecular flexibility index (Phi) is 4.42. The molecule has 0 spiro atoms. The number of hydrogen-bond donors (Lipinski definition) is 0. The molecule has 1 aromatic rings. The quantitative estimate of drug-likeness (QED) is 0.752. The molecule has 0 saturated heterocycles. The number of Topliss-reactive ketones (excluding diaryl/α,β-unsaturated/α-hetero) is 1. The van der Waals surface area contributed by atoms with Gasteiger partial charge in [-0.25, -0.2) is 8.42 Å². The second-order valence-electron chi connectivity index (χ2n) is 4.08. The highest BCUT2D eigenvalue weighted by Crippen LogP contribution is 2.11. The normalized spacial score (nSPS) is 11.8. The van der Waals surface area contributed by atoms with Crippen LogP contribution in [-0.2, 0) is 14.6 Å². The number of ketones is 1. The Labute approximate surface area is 102 Å². The molecule has 0 saturated carbocycles. The summed E-state index contributed by atoms with van der Waals surface area (Å²) < 4.78 is 27.6. The average Bonchev–Trinajstić information content (AvgIpc) is 2.25. The molecule has 1 aromatic carbocycles. The minimum Gasteiger partial charge on any atom is -0.371 e. The maximum atomic E-state index is 11.6. The zero-order valence-corrected chi connectivity index (χ0v) is 11.0. The Morgan fingerprint density at radius 1 is 1.24 bits per heavy atom. The van der Waals surface area contributed by atoms with Crippen molar-refractivity contribution in [3.05, 3.63) is 29.8 Å². The summed E-state index contributed by atoms with van der Waals surface area (Å²) in [4.78, 5) is 11.8. The molecule has 5 heteroatoms. The molecule has 0 aromatic heterocycles. The van der Waals surface area contributed by atoms with E-state index in [1.165, 1.54) is 24.3 Å². The van der Waals surface area contributed by atoms with Crippen molar-refractivity contribution < 1.29 is 17.9 Å². The highest BCUT2D eigenvalue weighted by Gasteiger charge is 2.10. The molecule has 1 rings (SSSR count). The van der Waals surface area contributed by atoms with Crippen molar-refractivity contribution in [1.82, 2.24) is 0 Å². The zero-order chi connectivity index (χ0) is 13.1. The van der Waals surface area contributed by atoms with Crippen LogP contribution in [0, 0.1) is 0 Å². The molecule has 0 aliphatic carbocycles. The summed E-state index contributed by atoms with van der Waals surface area (Å²) >= 11 is 0. The monoisotopic (exact) mass is 256 g/mol. The van der Waals surface area contributed by atoms with E-state index in [0.717, 1.165) is 6.26 Å². The second-order valence-corrected chi connectivity index (χ2v) is 6.10. The standard InChI is InChI=1S/C12H16O4S/c1-9(2)16-8-12(13)10-4-6-11(7-5-10)17(3,14)15/h4-7,9H,8H2,1-3H3. The highest BCUT2D eigenvalue weighted by molar-refractivity contribution is 7.90. The molecule has 0 atom stereocenters. The maximum Gasteiger partial charge on any atom is 0.188 e. The predicted molar refractivity (Wildman–Crippen MR) is 65.0 cm³/mol. The summed E-state index contributed by atoms with van der Waals surface area (Å²) in [6, 6.07) is 5.86. The van der Waals surface area contributed by atoms with Gasteiger partial charge in [-0.05, 0) is 26.0 Å². The molecule has 94 valence electrons. The van der Waals surface area contributed by atoms with Crippen LogP contribution in [0.4, 0.5) is 0 Å². The lowest BCUT2D eigenvalue weighted by Gasteiger charge is -2.06. The van der Waals surface area contributed by atoms with E-state index in [0.29, 0.717) is 5.56 Å². The summed E-state index contributed by atoms with van der Waals surface area (Å²) in [5.74, 6) is -0.154. The molecule has 0 fully saturated rings. The number of sulfone groups is 1. The Balaban J connectivity index is 2.78. The van der Waals surface area contributed by atoms with Gasteiger partial charge in [-0.3, -0.25) is 4.79 Å². The molecule has 0 aliphatic rings. The molecule has 0 amide bonds. The number of carbonyl (C=O) groups excluding carboxylic acids is 1. The molecule has 0 unspecified atom stereocenters. The van der Waals surface area contributed by atoms with Gasteiger partial charge >= 0.3 is 0 Å². The number of carbonyl (C=O) groups is 1. The molecule has 0 aliphatic heterocycles. The largest absolute Gasteiger partial charge is 0.371 e. The Bertz CT molecular complexity index is 486. The van der Waals surface area contributed by atoms with Gasteiger partial charge in [-0.1, -0.05) is 12.1 Å². The van der Waals surface area contributed by atoms with Crippen molar-refractivity contribution in [1.29, 1.82) is 0 Å². The van der Waals surface area contributed by atoms with E-state index >= 15 is 0 Å². The summed E-state index contributed by atoms with van der Waals surface area (Å²) in [6.45, 7) is 3.70. The maximum absolute atomic E-state index is 11.6. The topological polar surface area (TPSA) is 60.4 Å². The van der Waals surface area contributed by atoms with Crippen molar-refractivity contribution in [2.75, 3.05) is 12.9 Å². The third-order valence-corrected chi connectivity index (χ3v) is 3.28. The fourth-order valence-electron chi connectivity index (χ4n) is 1.21. The lowest BCUT2D eigenvalue weighted by molar-refractivity contribution is 0.0585. The van der Waals surface area contributed by atoms with Crippen LogP contribution in [0.1, 0.15) is 24.2 Å². The van der Waals surface area contributed by atoms with Gasteiger partial charge < -0.3 is 4.74 Å². The fourth-order valence-corrected chi connectivity index (χ4v) is 1.84. The van der Waals surface area contributed by atoms with Crippen LogP contribution in [0.25, 0.3) is 0 Å². The van der Waals surface area contributed by atoms with E-state index in [9.17, 15) is 13.2 Å². The van der Waals surface area contributed by atoms with Crippen LogP contribution < -0.4 is 0 Å². The minimum atomic E-state index is -3.21. The Morgan fingerprint density at radius 3 is 2.18 bits per heavy atom. The molecular formula is C12H16O4S. The molecule has 0 N–H and O–H groups in total. The van der Waals surface area contributed by atoms with E-state index in [1.54, 1.807) is 0 Å². The third-order valence-electron chi connectivity index (χ3n) is 2.15. The minimum absolute atomic E-state index is 0.00533. The SMILES string of the molecule is CC(C)OCC(=O)c1ccc(S(C)(=O)=O)cc1. The molecule has 0 bridgehead atoms. The summed E-state index contributed by atoms with van der Waals surface area (Å²) in [5, 5.41) is 0. The van der Waals surface area contributed by atoms with E-state index < -0.39 is 9.84 Å². The number of rotatable bonds is 5. The highest BCUT2D eigenvalue weighted by atomic mass is 32.2. The van der Waals surface area contributed by atoms with Crippen LogP contribution in [0.5, 0.6) is 0 Å². The lowest BCUT2D eigenvalue weighted by Crippen LogP contribution is -2.13. The van der Waals surface area contributed by atoms with Crippen molar-refractivity contribution in [3.63, 3.8) is 0 Å². The molecule has 4 nitrogen and oxygen atoms in total. The first-order valence-corrected chi connectivity index (χ1v) is 7.15. The van der Waals surface area contributed by atoms with Crippen molar-refractivity contribution in [2.24, 2.45) is 0 Å². The van der Waals surface area contributed by atoms with Crippen LogP contribution in [0.2, 0.25) is 0 Å². The molecule has 17 heavy (non-hydrogen) atoms. The molecule has 0 heterocycles. The van der Waals surface area contributed by atoms with Crippen LogP contribution in [0.15, 0.2) is 29.2 Å². The lowest BCUT2D eigenvalue weighted by atomic mass is 10.1. The van der Waals surface area contributed by atoms with Gasteiger partial charge in [0.15, 0.2) is 15.6 Å². The summed E-state index contributed by atoms with van der Waals surface area (Å²) in [7, 11) is -3.21. The van der Waals surface area contributed by atoms with Crippen LogP contribution in [-0.4, -0.2) is 33.2 Å². The van der Waals surface area contributed by atoms with Gasteiger partial charge in [-0.2, -0.15) is 0 Å². The number of hydrogen-bond acceptors (Lipinski definition) is 4. The van der Waals surface area contributed by atoms with Gasteiger partial charge in [0.05, 0.1) is 11.0 Å². The van der Waals surface area contributed by atoms with Gasteiger partial charge in [0.1, 0.15) is 6.61 Å². The third kappa shape index (κ3) is 4.28. The fraction of sp³-hybridized carbons (Fsp3) is 0.417. The van der Waals surface area contributed by atoms with Crippen molar-refractivity contribution >= 4 is 15.6 Å².